The second kappa shape index (κ2) is 7.85. The molecule has 1 saturated heterocycles. The number of hydrogen-bond acceptors (Lipinski definition) is 6. The number of anilines is 2. The first-order valence-electron chi connectivity index (χ1n) is 10.2. The van der Waals surface area contributed by atoms with Crippen LogP contribution in [0.3, 0.4) is 0 Å². The Hall–Kier alpha value is -2.90. The van der Waals surface area contributed by atoms with Crippen LogP contribution in [0, 0.1) is 0 Å². The Kier molecular flexibility index (Phi) is 5.25. The van der Waals surface area contributed by atoms with E-state index in [-0.39, 0.29) is 17.0 Å². The van der Waals surface area contributed by atoms with Gasteiger partial charge in [-0.25, -0.2) is 9.97 Å². The molecule has 8 heteroatoms. The average Bonchev–Trinajstić information content (AvgIpc) is 3.55. The summed E-state index contributed by atoms with van der Waals surface area (Å²) in [7, 11) is 5.62. The zero-order valence-corrected chi connectivity index (χ0v) is 17.3. The van der Waals surface area contributed by atoms with Gasteiger partial charge in [0.25, 0.3) is 11.5 Å². The number of hydrogen-bond donors (Lipinski definition) is 0. The number of nitrogens with zero attached hydrogens (tertiary/aromatic N) is 6. The maximum Gasteiger partial charge on any atom is 0.263 e. The molecule has 2 aliphatic rings. The second-order valence-electron chi connectivity index (χ2n) is 8.13. The number of amides is 1. The number of carbonyl (C=O) groups excluding carboxylic acids is 1. The van der Waals surface area contributed by atoms with Crippen molar-refractivity contribution in [3.63, 3.8) is 0 Å². The van der Waals surface area contributed by atoms with Crippen LogP contribution in [0.5, 0.6) is 0 Å². The van der Waals surface area contributed by atoms with E-state index in [1.165, 1.54) is 17.4 Å². The van der Waals surface area contributed by atoms with E-state index < -0.39 is 0 Å². The standard InChI is InChI=1S/C21H28N6O2/c1-24(2)18-13-19(23-14-22-18)27(15-6-7-15)16-8-11-26(12-9-16)21(29)17-5-4-10-25(3)20(17)28/h4-5,10,13-16H,6-9,11-12H2,1-3H3. The van der Waals surface area contributed by atoms with Gasteiger partial charge in [-0.2, -0.15) is 0 Å². The Balaban J connectivity index is 1.48. The summed E-state index contributed by atoms with van der Waals surface area (Å²) in [5.74, 6) is 1.70. The number of aryl methyl sites for hydroxylation is 1. The van der Waals surface area contributed by atoms with Gasteiger partial charge in [-0.3, -0.25) is 9.59 Å². The lowest BCUT2D eigenvalue weighted by molar-refractivity contribution is 0.0709. The van der Waals surface area contributed by atoms with E-state index in [0.717, 1.165) is 24.5 Å². The van der Waals surface area contributed by atoms with Gasteiger partial charge in [0.1, 0.15) is 23.5 Å². The van der Waals surface area contributed by atoms with Gasteiger partial charge in [0, 0.05) is 58.6 Å². The van der Waals surface area contributed by atoms with Gasteiger partial charge in [0.15, 0.2) is 0 Å². The number of likely N-dealkylation sites (tertiary alicyclic amines) is 1. The summed E-state index contributed by atoms with van der Waals surface area (Å²) in [6, 6.07) is 6.28. The lowest BCUT2D eigenvalue weighted by atomic mass is 10.0. The predicted octanol–water partition coefficient (Wildman–Crippen LogP) is 1.51. The summed E-state index contributed by atoms with van der Waals surface area (Å²) >= 11 is 0. The van der Waals surface area contributed by atoms with Crippen LogP contribution in [0.2, 0.25) is 0 Å². The van der Waals surface area contributed by atoms with Crippen LogP contribution in [0.4, 0.5) is 11.6 Å². The molecule has 8 nitrogen and oxygen atoms in total. The smallest absolute Gasteiger partial charge is 0.263 e. The molecule has 0 unspecified atom stereocenters. The lowest BCUT2D eigenvalue weighted by Crippen LogP contribution is -2.48. The van der Waals surface area contributed by atoms with Gasteiger partial charge < -0.3 is 19.3 Å². The molecule has 1 aliphatic carbocycles. The summed E-state index contributed by atoms with van der Waals surface area (Å²) in [6.07, 6.45) is 7.40. The van der Waals surface area contributed by atoms with Crippen molar-refractivity contribution in [2.45, 2.75) is 37.8 Å². The molecule has 154 valence electrons. The summed E-state index contributed by atoms with van der Waals surface area (Å²) < 4.78 is 1.45. The fourth-order valence-electron chi connectivity index (χ4n) is 4.03. The van der Waals surface area contributed by atoms with E-state index in [1.807, 2.05) is 30.0 Å². The SMILES string of the molecule is CN(C)c1cc(N(C2CC2)C2CCN(C(=O)c3cccn(C)c3=O)CC2)ncn1. The molecule has 4 rings (SSSR count). The maximum absolute atomic E-state index is 12.9. The van der Waals surface area contributed by atoms with Crippen molar-refractivity contribution in [2.24, 2.45) is 7.05 Å². The van der Waals surface area contributed by atoms with E-state index >= 15 is 0 Å². The highest BCUT2D eigenvalue weighted by molar-refractivity contribution is 5.93. The Morgan fingerprint density at radius 3 is 2.38 bits per heavy atom. The Morgan fingerprint density at radius 2 is 1.72 bits per heavy atom. The molecule has 0 spiro atoms. The fraction of sp³-hybridized carbons (Fsp3) is 0.524. The Labute approximate surface area is 170 Å². The number of pyridine rings is 1. The molecule has 2 aromatic rings. The number of aromatic nitrogens is 3. The molecular formula is C21H28N6O2. The van der Waals surface area contributed by atoms with Crippen molar-refractivity contribution in [1.29, 1.82) is 0 Å². The highest BCUT2D eigenvalue weighted by atomic mass is 16.2. The van der Waals surface area contributed by atoms with Crippen LogP contribution >= 0.6 is 0 Å². The second-order valence-corrected chi connectivity index (χ2v) is 8.13. The molecule has 1 saturated carbocycles. The summed E-state index contributed by atoms with van der Waals surface area (Å²) in [4.78, 5) is 40.2. The highest BCUT2D eigenvalue weighted by Crippen LogP contribution is 2.36. The van der Waals surface area contributed by atoms with E-state index in [2.05, 4.69) is 14.9 Å². The highest BCUT2D eigenvalue weighted by Gasteiger charge is 2.37. The molecule has 2 aromatic heterocycles. The zero-order valence-electron chi connectivity index (χ0n) is 17.3. The molecular weight excluding hydrogens is 368 g/mol. The van der Waals surface area contributed by atoms with Crippen LogP contribution in [0.1, 0.15) is 36.0 Å². The van der Waals surface area contributed by atoms with Crippen molar-refractivity contribution in [1.82, 2.24) is 19.4 Å². The quantitative estimate of drug-likeness (QED) is 0.763. The number of carbonyl (C=O) groups is 1. The number of rotatable bonds is 5. The molecule has 0 bridgehead atoms. The van der Waals surface area contributed by atoms with Gasteiger partial charge in [-0.05, 0) is 37.8 Å². The molecule has 3 heterocycles. The van der Waals surface area contributed by atoms with Crippen molar-refractivity contribution in [2.75, 3.05) is 37.0 Å². The first kappa shape index (κ1) is 19.4. The fourth-order valence-corrected chi connectivity index (χ4v) is 4.03. The normalized spacial score (nSPS) is 17.3. The summed E-state index contributed by atoms with van der Waals surface area (Å²) in [5.41, 5.74) is 0.00959. The average molecular weight is 396 g/mol. The minimum absolute atomic E-state index is 0.167. The Morgan fingerprint density at radius 1 is 1.07 bits per heavy atom. The summed E-state index contributed by atoms with van der Waals surface area (Å²) in [6.45, 7) is 1.30. The molecule has 1 amide bonds. The maximum atomic E-state index is 12.9. The lowest BCUT2D eigenvalue weighted by Gasteiger charge is -2.39. The monoisotopic (exact) mass is 396 g/mol. The van der Waals surface area contributed by atoms with Crippen LogP contribution in [0.25, 0.3) is 0 Å². The van der Waals surface area contributed by atoms with Crippen molar-refractivity contribution in [3.05, 3.63) is 46.6 Å². The van der Waals surface area contributed by atoms with E-state index in [1.54, 1.807) is 31.7 Å². The third kappa shape index (κ3) is 3.97. The van der Waals surface area contributed by atoms with Gasteiger partial charge in [-0.1, -0.05) is 0 Å². The largest absolute Gasteiger partial charge is 0.363 e. The zero-order chi connectivity index (χ0) is 20.5. The van der Waals surface area contributed by atoms with E-state index in [9.17, 15) is 9.59 Å². The van der Waals surface area contributed by atoms with Crippen molar-refractivity contribution < 1.29 is 4.79 Å². The van der Waals surface area contributed by atoms with Crippen molar-refractivity contribution >= 4 is 17.5 Å². The number of piperidine rings is 1. The van der Waals surface area contributed by atoms with Crippen molar-refractivity contribution in [3.8, 4) is 0 Å². The molecule has 0 N–H and O–H groups in total. The van der Waals surface area contributed by atoms with Crippen LogP contribution < -0.4 is 15.4 Å². The van der Waals surface area contributed by atoms with E-state index in [0.29, 0.717) is 25.2 Å². The minimum atomic E-state index is -0.239. The van der Waals surface area contributed by atoms with Gasteiger partial charge >= 0.3 is 0 Å². The van der Waals surface area contributed by atoms with Gasteiger partial charge in [0.2, 0.25) is 0 Å². The third-order valence-corrected chi connectivity index (χ3v) is 5.80. The Bertz CT molecular complexity index is 944. The molecule has 29 heavy (non-hydrogen) atoms. The van der Waals surface area contributed by atoms with E-state index in [4.69, 9.17) is 0 Å². The van der Waals surface area contributed by atoms with Gasteiger partial charge in [-0.15, -0.1) is 0 Å². The third-order valence-electron chi connectivity index (χ3n) is 5.80. The first-order valence-corrected chi connectivity index (χ1v) is 10.2. The minimum Gasteiger partial charge on any atom is -0.363 e. The molecule has 0 aromatic carbocycles. The van der Waals surface area contributed by atoms with Crippen LogP contribution in [-0.4, -0.2) is 64.6 Å². The van der Waals surface area contributed by atoms with Gasteiger partial charge in [0.05, 0.1) is 0 Å². The predicted molar refractivity (Wildman–Crippen MR) is 112 cm³/mol. The van der Waals surface area contributed by atoms with Crippen LogP contribution in [0.15, 0.2) is 35.5 Å². The summed E-state index contributed by atoms with van der Waals surface area (Å²) in [5, 5.41) is 0. The van der Waals surface area contributed by atoms with Crippen LogP contribution in [-0.2, 0) is 7.05 Å². The molecule has 0 radical (unpaired) electrons. The topological polar surface area (TPSA) is 74.6 Å². The molecule has 2 fully saturated rings. The molecule has 1 aliphatic heterocycles. The first-order chi connectivity index (χ1) is 14.0. The molecule has 0 atom stereocenters.